The second kappa shape index (κ2) is 29.0. The zero-order chi connectivity index (χ0) is 50.2. The van der Waals surface area contributed by atoms with Crippen LogP contribution < -0.4 is 54.4 Å². The van der Waals surface area contributed by atoms with Gasteiger partial charge in [0.1, 0.15) is 36.3 Å². The van der Waals surface area contributed by atoms with Gasteiger partial charge in [-0.3, -0.25) is 38.6 Å². The van der Waals surface area contributed by atoms with Crippen molar-refractivity contribution in [2.75, 3.05) is 19.7 Å². The van der Waals surface area contributed by atoms with Gasteiger partial charge in [0.2, 0.25) is 41.4 Å². The van der Waals surface area contributed by atoms with Crippen molar-refractivity contribution in [2.45, 2.75) is 122 Å². The van der Waals surface area contributed by atoms with Gasteiger partial charge >= 0.3 is 18.1 Å². The van der Waals surface area contributed by atoms with E-state index in [-0.39, 0.29) is 56.4 Å². The van der Waals surface area contributed by atoms with Crippen molar-refractivity contribution >= 4 is 59.2 Å². The Labute approximate surface area is 371 Å². The Morgan fingerprint density at radius 1 is 0.723 bits per heavy atom. The molecule has 1 aromatic rings. The lowest BCUT2D eigenvalue weighted by Gasteiger charge is -2.26. The molecule has 0 aliphatic carbocycles. The molecular weight excluding hydrogens is 875 g/mol. The lowest BCUT2D eigenvalue weighted by molar-refractivity contribution is -0.192. The molecule has 65 heavy (non-hydrogen) atoms. The number of hydrogen-bond acceptors (Lipinski definition) is 13. The third-order valence-electron chi connectivity index (χ3n) is 8.52. The molecule has 0 fully saturated rings. The molecule has 0 bridgehead atoms. The number of aromatic nitrogens is 2. The van der Waals surface area contributed by atoms with Crippen molar-refractivity contribution < 1.29 is 71.6 Å². The van der Waals surface area contributed by atoms with Gasteiger partial charge < -0.3 is 74.7 Å². The highest BCUT2D eigenvalue weighted by Gasteiger charge is 2.38. The van der Waals surface area contributed by atoms with Crippen LogP contribution in [0.25, 0.3) is 0 Å². The summed E-state index contributed by atoms with van der Waals surface area (Å²) in [6.45, 7) is 8.66. The fourth-order valence-electron chi connectivity index (χ4n) is 5.25. The summed E-state index contributed by atoms with van der Waals surface area (Å²) in [4.78, 5) is 122. The van der Waals surface area contributed by atoms with Crippen molar-refractivity contribution in [3.63, 3.8) is 0 Å². The summed E-state index contributed by atoms with van der Waals surface area (Å²) in [7, 11) is 0. The number of H-pyrrole nitrogens is 1. The number of carbonyl (C=O) groups excluding carboxylic acids is 7. The maximum absolute atomic E-state index is 13.6. The van der Waals surface area contributed by atoms with Gasteiger partial charge in [0.05, 0.1) is 25.5 Å². The van der Waals surface area contributed by atoms with Gasteiger partial charge in [-0.15, -0.1) is 0 Å². The summed E-state index contributed by atoms with van der Waals surface area (Å²) in [5.41, 5.74) is 16.5. The molecule has 0 aromatic carbocycles. The summed E-state index contributed by atoms with van der Waals surface area (Å²) >= 11 is 0. The number of aliphatic hydroxyl groups is 1. The van der Waals surface area contributed by atoms with Gasteiger partial charge in [-0.2, -0.15) is 13.2 Å². The summed E-state index contributed by atoms with van der Waals surface area (Å²) in [5.74, 6) is -9.88. The SMILES string of the molecule is CC(C)CC(NC(=O)CNC(=O)C(CC(C)C)NC(=O)C(Cc1cnc[nH]1)NC(=O)C(CO)NC(=O)C(C)N)C(=O)NC(C)C(=O)NC(CCCN=C(N)N)C(=O)O.O=C(O)C(F)(F)F. The molecule has 0 spiro atoms. The molecule has 28 heteroatoms. The fourth-order valence-corrected chi connectivity index (χ4v) is 5.25. The Hall–Kier alpha value is -6.58. The van der Waals surface area contributed by atoms with E-state index in [2.05, 4.69) is 52.2 Å². The molecular formula is C37H62F3N13O12. The van der Waals surface area contributed by atoms with Crippen molar-refractivity contribution in [1.29, 1.82) is 0 Å². The molecule has 25 nitrogen and oxygen atoms in total. The van der Waals surface area contributed by atoms with E-state index >= 15 is 0 Å². The molecule has 0 aliphatic heterocycles. The number of alkyl halides is 3. The van der Waals surface area contributed by atoms with Gasteiger partial charge in [0, 0.05) is 24.9 Å². The van der Waals surface area contributed by atoms with Gasteiger partial charge in [-0.25, -0.2) is 14.6 Å². The zero-order valence-electron chi connectivity index (χ0n) is 36.8. The van der Waals surface area contributed by atoms with E-state index in [0.717, 1.165) is 0 Å². The van der Waals surface area contributed by atoms with Crippen LogP contribution in [0.15, 0.2) is 17.5 Å². The highest BCUT2D eigenvalue weighted by atomic mass is 19.4. The number of nitrogens with two attached hydrogens (primary N) is 3. The number of aliphatic imine (C=N–C) groups is 1. The van der Waals surface area contributed by atoms with Gasteiger partial charge in [-0.1, -0.05) is 27.7 Å². The number of aliphatic hydroxyl groups excluding tert-OH is 1. The largest absolute Gasteiger partial charge is 0.490 e. The Balaban J connectivity index is 0.00000537. The zero-order valence-corrected chi connectivity index (χ0v) is 36.8. The Bertz CT molecular complexity index is 1780. The predicted octanol–water partition coefficient (Wildman–Crippen LogP) is -3.80. The van der Waals surface area contributed by atoms with Crippen molar-refractivity contribution in [3.05, 3.63) is 18.2 Å². The predicted molar refractivity (Wildman–Crippen MR) is 223 cm³/mol. The number of rotatable bonds is 26. The average molecular weight is 938 g/mol. The first-order chi connectivity index (χ1) is 30.1. The normalized spacial score (nSPS) is 14.3. The minimum absolute atomic E-state index is 0.0152. The van der Waals surface area contributed by atoms with Crippen LogP contribution in [-0.4, -0.2) is 153 Å². The number of nitrogens with one attached hydrogen (secondary N) is 8. The van der Waals surface area contributed by atoms with Crippen LogP contribution in [0.4, 0.5) is 13.2 Å². The van der Waals surface area contributed by atoms with Crippen molar-refractivity contribution in [3.8, 4) is 0 Å². The molecule has 0 radical (unpaired) electrons. The number of carboxylic acid groups (broad SMARTS) is 2. The minimum Gasteiger partial charge on any atom is -0.480 e. The van der Waals surface area contributed by atoms with Gasteiger partial charge in [-0.05, 0) is 51.4 Å². The minimum atomic E-state index is -5.08. The monoisotopic (exact) mass is 937 g/mol. The number of halogens is 3. The molecule has 0 saturated carbocycles. The van der Waals surface area contributed by atoms with E-state index in [9.17, 15) is 61.7 Å². The van der Waals surface area contributed by atoms with Crippen LogP contribution in [0.1, 0.15) is 72.9 Å². The summed E-state index contributed by atoms with van der Waals surface area (Å²) in [6.07, 6.45) is -1.89. The number of carboxylic acids is 2. The number of guanidine groups is 1. The number of amides is 7. The molecule has 1 aromatic heterocycles. The first-order valence-electron chi connectivity index (χ1n) is 20.1. The quantitative estimate of drug-likeness (QED) is 0.0241. The number of nitrogens with zero attached hydrogens (tertiary/aromatic N) is 2. The van der Waals surface area contributed by atoms with Crippen LogP contribution in [0, 0.1) is 11.8 Å². The van der Waals surface area contributed by atoms with Crippen molar-refractivity contribution in [2.24, 2.45) is 34.0 Å². The van der Waals surface area contributed by atoms with Crippen LogP contribution >= 0.6 is 0 Å². The number of carbonyl (C=O) groups is 9. The topological polar surface area (TPSA) is 418 Å². The number of hydrogen-bond donors (Lipinski definition) is 14. The first kappa shape index (κ1) is 58.4. The molecule has 1 rings (SSSR count). The lowest BCUT2D eigenvalue weighted by Crippen LogP contribution is -2.59. The summed E-state index contributed by atoms with van der Waals surface area (Å²) in [6, 6.07) is -8.54. The van der Waals surface area contributed by atoms with E-state index in [1.807, 2.05) is 0 Å². The lowest BCUT2D eigenvalue weighted by atomic mass is 10.0. The Kier molecular flexibility index (Phi) is 26.0. The van der Waals surface area contributed by atoms with Crippen LogP contribution in [0.3, 0.4) is 0 Å². The third-order valence-corrected chi connectivity index (χ3v) is 8.52. The highest BCUT2D eigenvalue weighted by molar-refractivity contribution is 5.96. The standard InChI is InChI=1S/C35H61N13O10.C2HF3O2/c1-17(2)10-23(46-32(55)25(12-21-13-39-16-42-21)47-33(56)26(15-49)48-28(51)19(5)36)30(53)41-14-27(50)44-24(11-18(3)4)31(54)43-20(6)29(52)45-22(34(57)58)8-7-9-40-35(37)38;3-2(4,5)1(6)7/h13,16-20,22-26,49H,7-12,14-15,36H2,1-6H3,(H,39,42)(H,41,53)(H,43,54)(H,44,50)(H,45,52)(H,46,55)(H,47,56)(H,48,51)(H,57,58)(H4,37,38,40);(H,6,7). The molecule has 7 atom stereocenters. The molecule has 1 heterocycles. The van der Waals surface area contributed by atoms with Crippen molar-refractivity contribution in [1.82, 2.24) is 47.2 Å². The maximum Gasteiger partial charge on any atom is 0.490 e. The number of aliphatic carboxylic acids is 2. The fraction of sp³-hybridized carbons (Fsp3) is 0.649. The molecule has 17 N–H and O–H groups in total. The van der Waals surface area contributed by atoms with E-state index in [0.29, 0.717) is 5.69 Å². The maximum atomic E-state index is 13.6. The number of imidazole rings is 1. The molecule has 0 saturated heterocycles. The Morgan fingerprint density at radius 2 is 1.22 bits per heavy atom. The summed E-state index contributed by atoms with van der Waals surface area (Å²) < 4.78 is 31.7. The second-order valence-electron chi connectivity index (χ2n) is 15.4. The molecule has 0 aliphatic rings. The highest BCUT2D eigenvalue weighted by Crippen LogP contribution is 2.13. The molecule has 7 unspecified atom stereocenters. The van der Waals surface area contributed by atoms with Gasteiger partial charge in [0.15, 0.2) is 5.96 Å². The van der Waals surface area contributed by atoms with Crippen LogP contribution in [0.2, 0.25) is 0 Å². The third kappa shape index (κ3) is 24.7. The molecule has 7 amide bonds. The number of aromatic amines is 1. The van der Waals surface area contributed by atoms with Crippen LogP contribution in [-0.2, 0) is 49.6 Å². The van der Waals surface area contributed by atoms with E-state index in [4.69, 9.17) is 27.1 Å². The summed E-state index contributed by atoms with van der Waals surface area (Å²) in [5, 5.41) is 43.6. The second-order valence-corrected chi connectivity index (χ2v) is 15.4. The van der Waals surface area contributed by atoms with Crippen LogP contribution in [0.5, 0.6) is 0 Å². The van der Waals surface area contributed by atoms with E-state index in [1.165, 1.54) is 26.4 Å². The Morgan fingerprint density at radius 3 is 1.68 bits per heavy atom. The smallest absolute Gasteiger partial charge is 0.480 e. The first-order valence-corrected chi connectivity index (χ1v) is 20.1. The van der Waals surface area contributed by atoms with Gasteiger partial charge in [0.25, 0.3) is 0 Å². The average Bonchev–Trinajstić information content (AvgIpc) is 3.71. The molecule has 368 valence electrons. The van der Waals surface area contributed by atoms with E-state index in [1.54, 1.807) is 27.7 Å². The van der Waals surface area contributed by atoms with E-state index < -0.39 is 115 Å².